The van der Waals surface area contributed by atoms with E-state index in [0.717, 1.165) is 56.2 Å². The normalized spacial score (nSPS) is 11.3. The molecule has 0 spiro atoms. The summed E-state index contributed by atoms with van der Waals surface area (Å²) in [5, 5.41) is 7.28. The molecule has 0 aliphatic heterocycles. The van der Waals surface area contributed by atoms with E-state index in [2.05, 4.69) is 15.6 Å². The van der Waals surface area contributed by atoms with Crippen LogP contribution in [0.4, 0.5) is 0 Å². The molecule has 2 rings (SSSR count). The summed E-state index contributed by atoms with van der Waals surface area (Å²) in [5.41, 5.74) is 1.11. The van der Waals surface area contributed by atoms with E-state index in [0.29, 0.717) is 5.02 Å². The van der Waals surface area contributed by atoms with E-state index in [1.54, 1.807) is 30.9 Å². The maximum atomic E-state index is 11.6. The average molecular weight is 391 g/mol. The number of nitrogens with one attached hydrogen (secondary N) is 2. The van der Waals surface area contributed by atoms with E-state index >= 15 is 0 Å². The minimum absolute atomic E-state index is 0.0418. The van der Waals surface area contributed by atoms with Crippen molar-refractivity contribution in [3.63, 3.8) is 0 Å². The summed E-state index contributed by atoms with van der Waals surface area (Å²) in [5.74, 6) is 1.52. The van der Waals surface area contributed by atoms with Gasteiger partial charge in [0, 0.05) is 44.0 Å². The summed E-state index contributed by atoms with van der Waals surface area (Å²) in [6.45, 7) is 2.25. The largest absolute Gasteiger partial charge is 0.497 e. The molecule has 27 heavy (non-hydrogen) atoms. The second kappa shape index (κ2) is 11.3. The summed E-state index contributed by atoms with van der Waals surface area (Å²) in [4.78, 5) is 15.9. The Morgan fingerprint density at radius 1 is 1.19 bits per heavy atom. The van der Waals surface area contributed by atoms with Crippen molar-refractivity contribution in [1.82, 2.24) is 15.2 Å². The molecule has 0 aliphatic carbocycles. The molecule has 0 radical (unpaired) electrons. The van der Waals surface area contributed by atoms with E-state index in [1.807, 2.05) is 30.5 Å². The van der Waals surface area contributed by atoms with Gasteiger partial charge in [0.05, 0.1) is 7.11 Å². The number of hydrogen-bond donors (Lipinski definition) is 2. The standard InChI is InChI=1S/C20H27ClN4O2/c1-22-20(23-11-4-6-14-25-13-5-3-7-19(25)26)24-12-10-16-8-9-17(27-2)15-18(16)21/h3,5,7-9,13,15H,4,6,10-12,14H2,1-2H3,(H2,22,23,24). The Morgan fingerprint density at radius 2 is 2.00 bits per heavy atom. The predicted octanol–water partition coefficient (Wildman–Crippen LogP) is 2.70. The average Bonchev–Trinajstić information content (AvgIpc) is 2.68. The number of pyridine rings is 1. The van der Waals surface area contributed by atoms with Crippen LogP contribution in [0.1, 0.15) is 18.4 Å². The van der Waals surface area contributed by atoms with Crippen LogP contribution < -0.4 is 20.9 Å². The Bertz CT molecular complexity index is 805. The lowest BCUT2D eigenvalue weighted by molar-refractivity contribution is 0.414. The monoisotopic (exact) mass is 390 g/mol. The number of unbranched alkanes of at least 4 members (excludes halogenated alkanes) is 1. The topological polar surface area (TPSA) is 67.7 Å². The van der Waals surface area contributed by atoms with Crippen molar-refractivity contribution in [3.8, 4) is 5.75 Å². The van der Waals surface area contributed by atoms with Gasteiger partial charge in [-0.1, -0.05) is 23.7 Å². The Labute approximate surface area is 165 Å². The molecule has 0 unspecified atom stereocenters. The van der Waals surface area contributed by atoms with Crippen LogP contribution in [0.3, 0.4) is 0 Å². The molecule has 0 fully saturated rings. The van der Waals surface area contributed by atoms with Gasteiger partial charge in [0.15, 0.2) is 5.96 Å². The maximum absolute atomic E-state index is 11.6. The maximum Gasteiger partial charge on any atom is 0.250 e. The summed E-state index contributed by atoms with van der Waals surface area (Å²) >= 11 is 6.26. The van der Waals surface area contributed by atoms with Crippen molar-refractivity contribution in [2.75, 3.05) is 27.2 Å². The molecule has 0 bridgehead atoms. The molecule has 0 saturated heterocycles. The molecule has 0 aliphatic rings. The Kier molecular flexibility index (Phi) is 8.71. The highest BCUT2D eigenvalue weighted by Crippen LogP contribution is 2.22. The fourth-order valence-corrected chi connectivity index (χ4v) is 2.92. The van der Waals surface area contributed by atoms with Crippen LogP contribution in [0.5, 0.6) is 5.75 Å². The Balaban J connectivity index is 1.66. The van der Waals surface area contributed by atoms with E-state index < -0.39 is 0 Å². The first-order chi connectivity index (χ1) is 13.1. The molecule has 146 valence electrons. The van der Waals surface area contributed by atoms with Crippen LogP contribution in [-0.2, 0) is 13.0 Å². The van der Waals surface area contributed by atoms with Crippen LogP contribution in [-0.4, -0.2) is 37.8 Å². The van der Waals surface area contributed by atoms with Gasteiger partial charge >= 0.3 is 0 Å². The van der Waals surface area contributed by atoms with Crippen molar-refractivity contribution in [2.45, 2.75) is 25.8 Å². The first kappa shape index (κ1) is 20.8. The van der Waals surface area contributed by atoms with Crippen LogP contribution in [0.2, 0.25) is 5.02 Å². The highest BCUT2D eigenvalue weighted by molar-refractivity contribution is 6.31. The van der Waals surface area contributed by atoms with Crippen molar-refractivity contribution in [1.29, 1.82) is 0 Å². The highest BCUT2D eigenvalue weighted by atomic mass is 35.5. The number of benzene rings is 1. The van der Waals surface area contributed by atoms with Crippen molar-refractivity contribution < 1.29 is 4.74 Å². The summed E-state index contributed by atoms with van der Waals surface area (Å²) in [6, 6.07) is 10.9. The second-order valence-corrected chi connectivity index (χ2v) is 6.48. The van der Waals surface area contributed by atoms with Crippen molar-refractivity contribution in [3.05, 3.63) is 63.5 Å². The number of halogens is 1. The Morgan fingerprint density at radius 3 is 2.70 bits per heavy atom. The van der Waals surface area contributed by atoms with Crippen LogP contribution in [0.15, 0.2) is 52.4 Å². The third-order valence-electron chi connectivity index (χ3n) is 4.19. The van der Waals surface area contributed by atoms with Gasteiger partial charge in [-0.2, -0.15) is 0 Å². The number of guanidine groups is 1. The first-order valence-electron chi connectivity index (χ1n) is 9.06. The quantitative estimate of drug-likeness (QED) is 0.392. The fraction of sp³-hybridized carbons (Fsp3) is 0.400. The second-order valence-electron chi connectivity index (χ2n) is 6.07. The predicted molar refractivity (Wildman–Crippen MR) is 111 cm³/mol. The molecule has 1 aromatic carbocycles. The zero-order valence-corrected chi connectivity index (χ0v) is 16.6. The number of rotatable bonds is 9. The first-order valence-corrected chi connectivity index (χ1v) is 9.44. The van der Waals surface area contributed by atoms with Gasteiger partial charge < -0.3 is 19.9 Å². The van der Waals surface area contributed by atoms with Gasteiger partial charge in [0.2, 0.25) is 5.56 Å². The summed E-state index contributed by atoms with van der Waals surface area (Å²) in [7, 11) is 3.37. The van der Waals surface area contributed by atoms with Gasteiger partial charge in [-0.25, -0.2) is 0 Å². The molecule has 0 atom stereocenters. The van der Waals surface area contributed by atoms with E-state index in [-0.39, 0.29) is 5.56 Å². The number of nitrogens with zero attached hydrogens (tertiary/aromatic N) is 2. The van der Waals surface area contributed by atoms with Crippen molar-refractivity contribution in [2.24, 2.45) is 4.99 Å². The lowest BCUT2D eigenvalue weighted by Crippen LogP contribution is -2.38. The molecule has 7 heteroatoms. The van der Waals surface area contributed by atoms with E-state index in [9.17, 15) is 4.79 Å². The van der Waals surface area contributed by atoms with Gasteiger partial charge in [-0.05, 0) is 43.0 Å². The Hall–Kier alpha value is -2.47. The molecular formula is C20H27ClN4O2. The van der Waals surface area contributed by atoms with Gasteiger partial charge in [-0.3, -0.25) is 9.79 Å². The number of aromatic nitrogens is 1. The van der Waals surface area contributed by atoms with Crippen molar-refractivity contribution >= 4 is 17.6 Å². The number of aliphatic imine (C=N–C) groups is 1. The van der Waals surface area contributed by atoms with E-state index in [1.165, 1.54) is 0 Å². The fourth-order valence-electron chi connectivity index (χ4n) is 2.65. The third-order valence-corrected chi connectivity index (χ3v) is 4.54. The SMILES string of the molecule is CN=C(NCCCCn1ccccc1=O)NCCc1ccc(OC)cc1Cl. The zero-order valence-electron chi connectivity index (χ0n) is 15.9. The minimum atomic E-state index is 0.0418. The smallest absolute Gasteiger partial charge is 0.250 e. The molecule has 0 saturated carbocycles. The number of hydrogen-bond acceptors (Lipinski definition) is 3. The number of methoxy groups -OCH3 is 1. The van der Waals surface area contributed by atoms with Gasteiger partial charge in [0.25, 0.3) is 0 Å². The summed E-state index contributed by atoms with van der Waals surface area (Å²) < 4.78 is 6.89. The van der Waals surface area contributed by atoms with Gasteiger partial charge in [-0.15, -0.1) is 0 Å². The minimum Gasteiger partial charge on any atom is -0.497 e. The van der Waals surface area contributed by atoms with Gasteiger partial charge in [0.1, 0.15) is 5.75 Å². The molecule has 0 amide bonds. The van der Waals surface area contributed by atoms with Crippen LogP contribution >= 0.6 is 11.6 Å². The lowest BCUT2D eigenvalue weighted by Gasteiger charge is -2.13. The van der Waals surface area contributed by atoms with Crippen LogP contribution in [0.25, 0.3) is 0 Å². The molecule has 1 aromatic heterocycles. The zero-order chi connectivity index (χ0) is 19.5. The number of ether oxygens (including phenoxy) is 1. The molecule has 2 aromatic rings. The lowest BCUT2D eigenvalue weighted by atomic mass is 10.1. The molecule has 6 nitrogen and oxygen atoms in total. The summed E-state index contributed by atoms with van der Waals surface area (Å²) in [6.07, 6.45) is 4.49. The highest BCUT2D eigenvalue weighted by Gasteiger charge is 2.03. The third kappa shape index (κ3) is 6.98. The number of aryl methyl sites for hydroxylation is 1. The van der Waals surface area contributed by atoms with Crippen LogP contribution in [0, 0.1) is 0 Å². The molecular weight excluding hydrogens is 364 g/mol. The molecule has 1 heterocycles. The van der Waals surface area contributed by atoms with E-state index in [4.69, 9.17) is 16.3 Å². The molecule has 2 N–H and O–H groups in total.